The van der Waals surface area contributed by atoms with Crippen molar-refractivity contribution >= 4 is 23.8 Å². The quantitative estimate of drug-likeness (QED) is 0.214. The number of rotatable bonds is 10. The number of aryl methyl sites for hydroxylation is 2. The molecule has 0 aliphatic rings. The van der Waals surface area contributed by atoms with Crippen molar-refractivity contribution in [2.45, 2.75) is 65.5 Å². The molecule has 3 aromatic rings. The maximum absolute atomic E-state index is 13.0. The minimum atomic E-state index is -1.04. The average molecular weight is 556 g/mol. The normalized spacial score (nSPS) is 11.8. The van der Waals surface area contributed by atoms with Crippen LogP contribution >= 0.6 is 0 Å². The van der Waals surface area contributed by atoms with Gasteiger partial charge in [-0.05, 0) is 66.0 Å². The fourth-order valence-electron chi connectivity index (χ4n) is 3.55. The lowest BCUT2D eigenvalue weighted by Gasteiger charge is -2.23. The highest BCUT2D eigenvalue weighted by molar-refractivity contribution is 6.01. The van der Waals surface area contributed by atoms with Gasteiger partial charge in [-0.25, -0.2) is 4.79 Å². The SMILES string of the molecule is Cc1cc(-c2onc(C)c2C(=O)NNC(=O)C(CCCCNC(=O)c2cccnc2)NC(=O)OC(C)(C)C)no1. The van der Waals surface area contributed by atoms with Crippen molar-refractivity contribution in [3.63, 3.8) is 0 Å². The van der Waals surface area contributed by atoms with Gasteiger partial charge in [0.2, 0.25) is 5.76 Å². The zero-order valence-corrected chi connectivity index (χ0v) is 23.0. The van der Waals surface area contributed by atoms with Gasteiger partial charge in [-0.3, -0.25) is 30.2 Å². The molecule has 14 nitrogen and oxygen atoms in total. The van der Waals surface area contributed by atoms with Gasteiger partial charge in [-0.2, -0.15) is 0 Å². The minimum Gasteiger partial charge on any atom is -0.444 e. The highest BCUT2D eigenvalue weighted by Gasteiger charge is 2.27. The molecule has 0 radical (unpaired) electrons. The number of pyridine rings is 1. The summed E-state index contributed by atoms with van der Waals surface area (Å²) in [6.45, 7) is 8.69. The Morgan fingerprint density at radius 1 is 1.02 bits per heavy atom. The predicted molar refractivity (Wildman–Crippen MR) is 141 cm³/mol. The van der Waals surface area contributed by atoms with E-state index in [0.717, 1.165) is 0 Å². The van der Waals surface area contributed by atoms with Crippen LogP contribution in [0.15, 0.2) is 39.6 Å². The predicted octanol–water partition coefficient (Wildman–Crippen LogP) is 2.60. The number of carbonyl (C=O) groups excluding carboxylic acids is 4. The molecule has 0 aliphatic heterocycles. The number of ether oxygens (including phenoxy) is 1. The van der Waals surface area contributed by atoms with E-state index in [1.165, 1.54) is 6.20 Å². The molecule has 1 atom stereocenters. The second kappa shape index (κ2) is 13.4. The first-order valence-corrected chi connectivity index (χ1v) is 12.6. The molecule has 4 N–H and O–H groups in total. The summed E-state index contributed by atoms with van der Waals surface area (Å²) in [6, 6.07) is 3.86. The first-order chi connectivity index (χ1) is 18.9. The molecule has 0 aliphatic carbocycles. The number of aromatic nitrogens is 3. The van der Waals surface area contributed by atoms with Gasteiger partial charge in [-0.1, -0.05) is 10.3 Å². The Kier molecular flexibility index (Phi) is 9.95. The van der Waals surface area contributed by atoms with E-state index < -0.39 is 29.6 Å². The number of amides is 4. The lowest BCUT2D eigenvalue weighted by atomic mass is 10.1. The van der Waals surface area contributed by atoms with Crippen LogP contribution in [0.1, 0.15) is 72.2 Å². The third kappa shape index (κ3) is 8.64. The molecule has 40 heavy (non-hydrogen) atoms. The van der Waals surface area contributed by atoms with Crippen molar-refractivity contribution in [3.8, 4) is 11.5 Å². The zero-order valence-electron chi connectivity index (χ0n) is 23.0. The monoisotopic (exact) mass is 555 g/mol. The number of hydrogen-bond donors (Lipinski definition) is 4. The van der Waals surface area contributed by atoms with Crippen LogP contribution in [0.3, 0.4) is 0 Å². The fraction of sp³-hybridized carbons (Fsp3) is 0.423. The first-order valence-electron chi connectivity index (χ1n) is 12.6. The number of hydrazine groups is 1. The summed E-state index contributed by atoms with van der Waals surface area (Å²) >= 11 is 0. The van der Waals surface area contributed by atoms with E-state index in [9.17, 15) is 19.2 Å². The first kappa shape index (κ1) is 29.8. The molecule has 0 aromatic carbocycles. The molecule has 3 heterocycles. The summed E-state index contributed by atoms with van der Waals surface area (Å²) in [7, 11) is 0. The molecular formula is C26H33N7O7. The summed E-state index contributed by atoms with van der Waals surface area (Å²) < 4.78 is 15.6. The Morgan fingerprint density at radius 2 is 1.80 bits per heavy atom. The molecule has 4 amide bonds. The minimum absolute atomic E-state index is 0.0645. The van der Waals surface area contributed by atoms with Crippen molar-refractivity contribution in [1.29, 1.82) is 0 Å². The van der Waals surface area contributed by atoms with Crippen LogP contribution in [0.2, 0.25) is 0 Å². The number of nitrogens with one attached hydrogen (secondary N) is 4. The van der Waals surface area contributed by atoms with Gasteiger partial charge in [-0.15, -0.1) is 0 Å². The number of unbranched alkanes of at least 4 members (excludes halogenated alkanes) is 1. The standard InChI is InChI=1S/C26H33N7O7/c1-15-13-19(33-39-15)21-20(16(2)32-40-21)24(36)31-30-23(35)18(29-25(37)38-26(3,4)5)10-6-7-12-28-22(34)17-9-8-11-27-14-17/h8-9,11,13-14,18H,6-7,10,12H2,1-5H3,(H,28,34)(H,29,37)(H,30,35)(H,31,36). The van der Waals surface area contributed by atoms with Crippen LogP contribution in [-0.4, -0.2) is 57.3 Å². The van der Waals surface area contributed by atoms with E-state index in [0.29, 0.717) is 30.7 Å². The van der Waals surface area contributed by atoms with Gasteiger partial charge < -0.3 is 24.4 Å². The number of hydrogen-bond acceptors (Lipinski definition) is 10. The second-order valence-corrected chi connectivity index (χ2v) is 9.93. The molecule has 1 unspecified atom stereocenters. The van der Waals surface area contributed by atoms with Gasteiger partial charge in [0.05, 0.1) is 11.3 Å². The molecule has 0 saturated carbocycles. The topological polar surface area (TPSA) is 191 Å². The summed E-state index contributed by atoms with van der Waals surface area (Å²) in [6.07, 6.45) is 3.45. The van der Waals surface area contributed by atoms with Crippen LogP contribution in [0.4, 0.5) is 4.79 Å². The van der Waals surface area contributed by atoms with Gasteiger partial charge in [0.25, 0.3) is 17.7 Å². The van der Waals surface area contributed by atoms with Crippen molar-refractivity contribution in [2.75, 3.05) is 6.54 Å². The van der Waals surface area contributed by atoms with Crippen LogP contribution < -0.4 is 21.5 Å². The third-order valence-electron chi connectivity index (χ3n) is 5.39. The van der Waals surface area contributed by atoms with E-state index in [1.54, 1.807) is 59.0 Å². The highest BCUT2D eigenvalue weighted by atomic mass is 16.6. The second-order valence-electron chi connectivity index (χ2n) is 9.93. The Hall–Kier alpha value is -4.75. The Bertz CT molecular complexity index is 1330. The van der Waals surface area contributed by atoms with E-state index in [4.69, 9.17) is 13.8 Å². The van der Waals surface area contributed by atoms with Gasteiger partial charge in [0, 0.05) is 25.0 Å². The summed E-state index contributed by atoms with van der Waals surface area (Å²) in [5, 5.41) is 13.0. The highest BCUT2D eigenvalue weighted by Crippen LogP contribution is 2.25. The van der Waals surface area contributed by atoms with Gasteiger partial charge >= 0.3 is 6.09 Å². The maximum Gasteiger partial charge on any atom is 0.408 e. The van der Waals surface area contributed by atoms with Crippen molar-refractivity contribution in [3.05, 3.63) is 53.2 Å². The molecule has 214 valence electrons. The third-order valence-corrected chi connectivity index (χ3v) is 5.39. The fourth-order valence-corrected chi connectivity index (χ4v) is 3.55. The number of nitrogens with zero attached hydrogens (tertiary/aromatic N) is 3. The van der Waals surface area contributed by atoms with E-state index in [2.05, 4.69) is 36.8 Å². The molecule has 0 fully saturated rings. The molecular weight excluding hydrogens is 522 g/mol. The summed E-state index contributed by atoms with van der Waals surface area (Å²) in [4.78, 5) is 54.3. The summed E-state index contributed by atoms with van der Waals surface area (Å²) in [5.41, 5.74) is 4.93. The van der Waals surface area contributed by atoms with Crippen molar-refractivity contribution < 1.29 is 33.0 Å². The summed E-state index contributed by atoms with van der Waals surface area (Å²) in [5.74, 6) is -1.04. The van der Waals surface area contributed by atoms with E-state index in [-0.39, 0.29) is 35.0 Å². The molecule has 3 rings (SSSR count). The Morgan fingerprint density at radius 3 is 2.45 bits per heavy atom. The van der Waals surface area contributed by atoms with E-state index in [1.807, 2.05) is 0 Å². The van der Waals surface area contributed by atoms with E-state index >= 15 is 0 Å². The Labute approximate surface area is 230 Å². The van der Waals surface area contributed by atoms with Crippen molar-refractivity contribution in [2.24, 2.45) is 0 Å². The average Bonchev–Trinajstić information content (AvgIpc) is 3.50. The molecule has 14 heteroatoms. The lowest BCUT2D eigenvalue weighted by molar-refractivity contribution is -0.124. The largest absolute Gasteiger partial charge is 0.444 e. The van der Waals surface area contributed by atoms with Crippen LogP contribution in [0.5, 0.6) is 0 Å². The van der Waals surface area contributed by atoms with Crippen LogP contribution in [-0.2, 0) is 9.53 Å². The Balaban J connectivity index is 1.58. The zero-order chi connectivity index (χ0) is 29.3. The van der Waals surface area contributed by atoms with Crippen molar-refractivity contribution in [1.82, 2.24) is 36.8 Å². The van der Waals surface area contributed by atoms with Gasteiger partial charge in [0.1, 0.15) is 23.0 Å². The van der Waals surface area contributed by atoms with Crippen LogP contribution in [0.25, 0.3) is 11.5 Å². The molecule has 0 saturated heterocycles. The molecule has 0 bridgehead atoms. The number of alkyl carbamates (subject to hydrolysis) is 1. The molecule has 3 aromatic heterocycles. The molecule has 0 spiro atoms. The maximum atomic E-state index is 13.0. The lowest BCUT2D eigenvalue weighted by Crippen LogP contribution is -2.53. The number of carbonyl (C=O) groups is 4. The van der Waals surface area contributed by atoms with Gasteiger partial charge in [0.15, 0.2) is 5.69 Å². The smallest absolute Gasteiger partial charge is 0.408 e. The van der Waals surface area contributed by atoms with Crippen LogP contribution in [0, 0.1) is 13.8 Å².